The van der Waals surface area contributed by atoms with Gasteiger partial charge in [-0.05, 0) is 51.7 Å². The number of halogens is 1. The lowest BCUT2D eigenvalue weighted by Crippen LogP contribution is -2.36. The Hall–Kier alpha value is -2.67. The molecule has 1 heterocycles. The van der Waals surface area contributed by atoms with Crippen molar-refractivity contribution < 1.29 is 18.4 Å². The summed E-state index contributed by atoms with van der Waals surface area (Å²) < 4.78 is 18.7. The number of rotatable bonds is 9. The number of aryl methyl sites for hydroxylation is 2. The van der Waals surface area contributed by atoms with Crippen LogP contribution in [0.1, 0.15) is 33.9 Å². The number of nitrogens with zero attached hydrogens (tertiary/aromatic N) is 2. The smallest absolute Gasteiger partial charge is 0.257 e. The topological polar surface area (TPSA) is 65.8 Å². The molecule has 0 atom stereocenters. The molecule has 6 nitrogen and oxygen atoms in total. The van der Waals surface area contributed by atoms with Crippen LogP contribution in [0.5, 0.6) is 0 Å². The van der Waals surface area contributed by atoms with Gasteiger partial charge in [0.1, 0.15) is 17.3 Å². The molecule has 152 valence electrons. The van der Waals surface area contributed by atoms with E-state index in [4.69, 9.17) is 4.42 Å². The number of hydrogen-bond acceptors (Lipinski definition) is 4. The molecule has 0 unspecified atom stereocenters. The zero-order valence-corrected chi connectivity index (χ0v) is 16.9. The molecule has 1 aromatic carbocycles. The largest absolute Gasteiger partial charge is 0.466 e. The fraction of sp³-hybridized carbons (Fsp3) is 0.429. The number of hydrogen-bond donors (Lipinski definition) is 1. The molecule has 0 radical (unpaired) electrons. The first kappa shape index (κ1) is 21.6. The molecule has 1 aromatic heterocycles. The maximum Gasteiger partial charge on any atom is 0.257 e. The Labute approximate surface area is 165 Å². The lowest BCUT2D eigenvalue weighted by Gasteiger charge is -2.22. The zero-order chi connectivity index (χ0) is 20.7. The summed E-state index contributed by atoms with van der Waals surface area (Å²) in [5.74, 6) is 0.549. The third kappa shape index (κ3) is 6.49. The van der Waals surface area contributed by atoms with Crippen LogP contribution in [-0.2, 0) is 11.3 Å². The normalized spacial score (nSPS) is 10.9. The minimum absolute atomic E-state index is 0.112. The van der Waals surface area contributed by atoms with Gasteiger partial charge in [0.2, 0.25) is 5.91 Å². The van der Waals surface area contributed by atoms with Gasteiger partial charge in [-0.15, -0.1) is 0 Å². The van der Waals surface area contributed by atoms with Crippen molar-refractivity contribution in [3.05, 3.63) is 58.8 Å². The SMILES string of the molecule is Cc1cc(C(=O)N(CCC(=O)NCCN(C)C)Cc2ccc(F)cc2)c(C)o1. The summed E-state index contributed by atoms with van der Waals surface area (Å²) in [5.41, 5.74) is 1.27. The molecule has 2 aromatic rings. The van der Waals surface area contributed by atoms with Gasteiger partial charge < -0.3 is 19.5 Å². The van der Waals surface area contributed by atoms with Gasteiger partial charge >= 0.3 is 0 Å². The fourth-order valence-corrected chi connectivity index (χ4v) is 2.82. The summed E-state index contributed by atoms with van der Waals surface area (Å²) >= 11 is 0. The maximum absolute atomic E-state index is 13.2. The number of carbonyl (C=O) groups excluding carboxylic acids is 2. The molecule has 2 rings (SSSR count). The van der Waals surface area contributed by atoms with Crippen molar-refractivity contribution in [3.63, 3.8) is 0 Å². The van der Waals surface area contributed by atoms with E-state index in [-0.39, 0.29) is 37.1 Å². The summed E-state index contributed by atoms with van der Waals surface area (Å²) in [4.78, 5) is 28.7. The fourth-order valence-electron chi connectivity index (χ4n) is 2.82. The number of carbonyl (C=O) groups is 2. The van der Waals surface area contributed by atoms with Gasteiger partial charge in [-0.3, -0.25) is 9.59 Å². The van der Waals surface area contributed by atoms with Crippen LogP contribution >= 0.6 is 0 Å². The molecule has 1 N–H and O–H groups in total. The minimum Gasteiger partial charge on any atom is -0.466 e. The first-order chi connectivity index (χ1) is 13.3. The molecule has 28 heavy (non-hydrogen) atoms. The molecule has 0 aliphatic carbocycles. The van der Waals surface area contributed by atoms with Crippen molar-refractivity contribution in [1.29, 1.82) is 0 Å². The van der Waals surface area contributed by atoms with Gasteiger partial charge in [0.15, 0.2) is 0 Å². The van der Waals surface area contributed by atoms with Gasteiger partial charge in [-0.1, -0.05) is 12.1 Å². The average molecular weight is 389 g/mol. The molecular weight excluding hydrogens is 361 g/mol. The van der Waals surface area contributed by atoms with E-state index in [0.29, 0.717) is 23.6 Å². The summed E-state index contributed by atoms with van der Waals surface area (Å²) in [6.45, 7) is 5.37. The third-order valence-corrected chi connectivity index (χ3v) is 4.34. The highest BCUT2D eigenvalue weighted by atomic mass is 19.1. The molecule has 7 heteroatoms. The first-order valence-electron chi connectivity index (χ1n) is 9.28. The highest BCUT2D eigenvalue weighted by molar-refractivity contribution is 5.95. The predicted octanol–water partition coefficient (Wildman–Crippen LogP) is 2.75. The van der Waals surface area contributed by atoms with Crippen LogP contribution < -0.4 is 5.32 Å². The van der Waals surface area contributed by atoms with Crippen molar-refractivity contribution in [1.82, 2.24) is 15.1 Å². The highest BCUT2D eigenvalue weighted by Gasteiger charge is 2.21. The van der Waals surface area contributed by atoms with Crippen molar-refractivity contribution >= 4 is 11.8 Å². The molecule has 2 amide bonds. The monoisotopic (exact) mass is 389 g/mol. The Kier molecular flexibility index (Phi) is 7.75. The number of likely N-dealkylation sites (N-methyl/N-ethyl adjacent to an activating group) is 1. The van der Waals surface area contributed by atoms with E-state index in [0.717, 1.165) is 12.1 Å². The Morgan fingerprint density at radius 2 is 1.79 bits per heavy atom. The van der Waals surface area contributed by atoms with Crippen molar-refractivity contribution in [2.45, 2.75) is 26.8 Å². The number of nitrogens with one attached hydrogen (secondary N) is 1. The van der Waals surface area contributed by atoms with Crippen molar-refractivity contribution in [2.24, 2.45) is 0 Å². The van der Waals surface area contributed by atoms with E-state index in [2.05, 4.69) is 5.32 Å². The van der Waals surface area contributed by atoms with E-state index in [1.807, 2.05) is 19.0 Å². The summed E-state index contributed by atoms with van der Waals surface area (Å²) in [5, 5.41) is 2.85. The molecule has 0 fully saturated rings. The number of benzene rings is 1. The van der Waals surface area contributed by atoms with Gasteiger partial charge in [0, 0.05) is 32.6 Å². The average Bonchev–Trinajstić information content (AvgIpc) is 2.97. The van der Waals surface area contributed by atoms with E-state index in [9.17, 15) is 14.0 Å². The summed E-state index contributed by atoms with van der Waals surface area (Å²) in [7, 11) is 3.87. The predicted molar refractivity (Wildman–Crippen MR) is 106 cm³/mol. The van der Waals surface area contributed by atoms with Crippen LogP contribution in [0.3, 0.4) is 0 Å². The van der Waals surface area contributed by atoms with Gasteiger partial charge in [0.05, 0.1) is 5.56 Å². The maximum atomic E-state index is 13.2. The van der Waals surface area contributed by atoms with Crippen molar-refractivity contribution in [3.8, 4) is 0 Å². The van der Waals surface area contributed by atoms with Crippen LogP contribution in [0.4, 0.5) is 4.39 Å². The molecule has 0 aliphatic heterocycles. The molecule has 0 aliphatic rings. The highest BCUT2D eigenvalue weighted by Crippen LogP contribution is 2.18. The quantitative estimate of drug-likeness (QED) is 0.716. The Bertz CT molecular complexity index is 800. The van der Waals surface area contributed by atoms with E-state index >= 15 is 0 Å². The van der Waals surface area contributed by atoms with E-state index in [1.165, 1.54) is 12.1 Å². The number of amides is 2. The third-order valence-electron chi connectivity index (χ3n) is 4.34. The second-order valence-corrected chi connectivity index (χ2v) is 7.08. The second kappa shape index (κ2) is 10.0. The lowest BCUT2D eigenvalue weighted by molar-refractivity contribution is -0.121. The van der Waals surface area contributed by atoms with E-state index < -0.39 is 0 Å². The molecule has 0 saturated carbocycles. The van der Waals surface area contributed by atoms with Crippen LogP contribution in [-0.4, -0.2) is 55.3 Å². The summed E-state index contributed by atoms with van der Waals surface area (Å²) in [6.07, 6.45) is 0.191. The lowest BCUT2D eigenvalue weighted by atomic mass is 10.1. The number of furan rings is 1. The Morgan fingerprint density at radius 3 is 2.36 bits per heavy atom. The molecule has 0 bridgehead atoms. The van der Waals surface area contributed by atoms with Crippen LogP contribution in [0.15, 0.2) is 34.7 Å². The summed E-state index contributed by atoms with van der Waals surface area (Å²) in [6, 6.07) is 7.70. The van der Waals surface area contributed by atoms with Crippen LogP contribution in [0, 0.1) is 19.7 Å². The molecular formula is C21H28FN3O3. The zero-order valence-electron chi connectivity index (χ0n) is 16.9. The molecule has 0 saturated heterocycles. The van der Waals surface area contributed by atoms with E-state index in [1.54, 1.807) is 36.9 Å². The van der Waals surface area contributed by atoms with Gasteiger partial charge in [0.25, 0.3) is 5.91 Å². The first-order valence-corrected chi connectivity index (χ1v) is 9.28. The minimum atomic E-state index is -0.330. The second-order valence-electron chi connectivity index (χ2n) is 7.08. The Balaban J connectivity index is 2.07. The van der Waals surface area contributed by atoms with Gasteiger partial charge in [-0.25, -0.2) is 4.39 Å². The standard InChI is InChI=1S/C21H28FN3O3/c1-15-13-19(16(2)28-15)21(27)25(14-17-5-7-18(22)8-6-17)11-9-20(26)23-10-12-24(3)4/h5-8,13H,9-12,14H2,1-4H3,(H,23,26). The van der Waals surface area contributed by atoms with Gasteiger partial charge in [-0.2, -0.15) is 0 Å². The molecule has 0 spiro atoms. The van der Waals surface area contributed by atoms with Crippen LogP contribution in [0.25, 0.3) is 0 Å². The van der Waals surface area contributed by atoms with Crippen molar-refractivity contribution in [2.75, 3.05) is 33.7 Å². The van der Waals surface area contributed by atoms with Crippen LogP contribution in [0.2, 0.25) is 0 Å². The Morgan fingerprint density at radius 1 is 1.11 bits per heavy atom.